The van der Waals surface area contributed by atoms with Gasteiger partial charge in [0.05, 0.1) is 0 Å². The van der Waals surface area contributed by atoms with Crippen molar-refractivity contribution in [2.75, 3.05) is 0 Å². The monoisotopic (exact) mass is 294 g/mol. The van der Waals surface area contributed by atoms with Gasteiger partial charge in [0.1, 0.15) is 0 Å². The molecule has 0 radical (unpaired) electrons. The molecule has 0 saturated carbocycles. The summed E-state index contributed by atoms with van der Waals surface area (Å²) in [4.78, 5) is 13.2. The summed E-state index contributed by atoms with van der Waals surface area (Å²) in [5.74, 6) is 0.182. The molecule has 82 valence electrons. The van der Waals surface area contributed by atoms with Gasteiger partial charge in [0.2, 0.25) is 0 Å². The number of rotatable bonds is 3. The largest absolute Gasteiger partial charge is 0.294 e. The standard InChI is InChI=1S/C13H11BrOS/c1-9-4-2-3-5-10(9)12(15)8-13-11(14)6-7-16-13/h2-7H,8H2,1H3. The number of hydrogen-bond donors (Lipinski definition) is 0. The number of thiophene rings is 1. The molecule has 16 heavy (non-hydrogen) atoms. The van der Waals surface area contributed by atoms with E-state index in [2.05, 4.69) is 15.9 Å². The number of benzene rings is 1. The Hall–Kier alpha value is -0.930. The van der Waals surface area contributed by atoms with Crippen LogP contribution in [-0.2, 0) is 6.42 Å². The first-order chi connectivity index (χ1) is 7.68. The molecule has 1 aromatic carbocycles. The molecule has 2 aromatic rings. The van der Waals surface area contributed by atoms with Crippen molar-refractivity contribution in [3.8, 4) is 0 Å². The van der Waals surface area contributed by atoms with Crippen LogP contribution in [0, 0.1) is 6.92 Å². The fraction of sp³-hybridized carbons (Fsp3) is 0.154. The van der Waals surface area contributed by atoms with Gasteiger partial charge in [0.15, 0.2) is 5.78 Å². The smallest absolute Gasteiger partial charge is 0.168 e. The predicted molar refractivity (Wildman–Crippen MR) is 71.2 cm³/mol. The van der Waals surface area contributed by atoms with E-state index in [0.717, 1.165) is 20.5 Å². The molecule has 1 nitrogen and oxygen atoms in total. The van der Waals surface area contributed by atoms with E-state index in [-0.39, 0.29) is 5.78 Å². The Balaban J connectivity index is 2.22. The van der Waals surface area contributed by atoms with E-state index in [4.69, 9.17) is 0 Å². The highest BCUT2D eigenvalue weighted by molar-refractivity contribution is 9.10. The fourth-order valence-electron chi connectivity index (χ4n) is 1.58. The van der Waals surface area contributed by atoms with Gasteiger partial charge in [-0.1, -0.05) is 24.3 Å². The van der Waals surface area contributed by atoms with Crippen molar-refractivity contribution in [3.63, 3.8) is 0 Å². The maximum absolute atomic E-state index is 12.1. The number of halogens is 1. The lowest BCUT2D eigenvalue weighted by Gasteiger charge is -2.03. The van der Waals surface area contributed by atoms with Gasteiger partial charge in [0.25, 0.3) is 0 Å². The third kappa shape index (κ3) is 2.42. The second kappa shape index (κ2) is 4.93. The quantitative estimate of drug-likeness (QED) is 0.774. The lowest BCUT2D eigenvalue weighted by Crippen LogP contribution is -2.04. The number of hydrogen-bond acceptors (Lipinski definition) is 2. The van der Waals surface area contributed by atoms with Crippen molar-refractivity contribution >= 4 is 33.0 Å². The van der Waals surface area contributed by atoms with Crippen LogP contribution in [0.1, 0.15) is 20.8 Å². The van der Waals surface area contributed by atoms with Gasteiger partial charge in [-0.25, -0.2) is 0 Å². The van der Waals surface area contributed by atoms with Crippen LogP contribution in [0.4, 0.5) is 0 Å². The third-order valence-corrected chi connectivity index (χ3v) is 4.38. The van der Waals surface area contributed by atoms with E-state index >= 15 is 0 Å². The summed E-state index contributed by atoms with van der Waals surface area (Å²) in [5, 5.41) is 1.99. The average Bonchev–Trinajstić information content (AvgIpc) is 2.65. The number of Topliss-reactive ketones (excluding diaryl/α,β-unsaturated/α-hetero) is 1. The predicted octanol–water partition coefficient (Wildman–Crippen LogP) is 4.24. The molecule has 0 aliphatic heterocycles. The zero-order valence-electron chi connectivity index (χ0n) is 8.87. The highest BCUT2D eigenvalue weighted by Gasteiger charge is 2.11. The van der Waals surface area contributed by atoms with Crippen LogP contribution in [0.25, 0.3) is 0 Å². The molecule has 2 rings (SSSR count). The van der Waals surface area contributed by atoms with Gasteiger partial charge in [-0.05, 0) is 39.9 Å². The first-order valence-electron chi connectivity index (χ1n) is 4.99. The molecular formula is C13H11BrOS. The summed E-state index contributed by atoms with van der Waals surface area (Å²) in [6.07, 6.45) is 0.475. The maximum Gasteiger partial charge on any atom is 0.168 e. The molecule has 0 amide bonds. The van der Waals surface area contributed by atoms with E-state index in [1.54, 1.807) is 11.3 Å². The van der Waals surface area contributed by atoms with E-state index in [0.29, 0.717) is 6.42 Å². The molecule has 0 fully saturated rings. The summed E-state index contributed by atoms with van der Waals surface area (Å²) >= 11 is 5.05. The lowest BCUT2D eigenvalue weighted by atomic mass is 10.0. The second-order valence-electron chi connectivity index (χ2n) is 3.61. The Morgan fingerprint density at radius 3 is 2.69 bits per heavy atom. The molecular weight excluding hydrogens is 284 g/mol. The van der Waals surface area contributed by atoms with E-state index < -0.39 is 0 Å². The number of aryl methyl sites for hydroxylation is 1. The van der Waals surface area contributed by atoms with Crippen LogP contribution in [0.15, 0.2) is 40.2 Å². The van der Waals surface area contributed by atoms with Crippen LogP contribution in [-0.4, -0.2) is 5.78 Å². The van der Waals surface area contributed by atoms with Gasteiger partial charge in [-0.2, -0.15) is 0 Å². The molecule has 0 unspecified atom stereocenters. The van der Waals surface area contributed by atoms with Crippen molar-refractivity contribution in [2.24, 2.45) is 0 Å². The van der Waals surface area contributed by atoms with Crippen molar-refractivity contribution in [3.05, 3.63) is 56.2 Å². The summed E-state index contributed by atoms with van der Waals surface area (Å²) in [5.41, 5.74) is 1.86. The molecule has 1 aromatic heterocycles. The third-order valence-electron chi connectivity index (χ3n) is 2.46. The Labute approximate surface area is 107 Å². The highest BCUT2D eigenvalue weighted by Crippen LogP contribution is 2.24. The molecule has 0 spiro atoms. The topological polar surface area (TPSA) is 17.1 Å². The normalized spacial score (nSPS) is 10.4. The van der Waals surface area contributed by atoms with Gasteiger partial charge in [-0.3, -0.25) is 4.79 Å². The number of carbonyl (C=O) groups is 1. The van der Waals surface area contributed by atoms with Crippen LogP contribution >= 0.6 is 27.3 Å². The Morgan fingerprint density at radius 2 is 2.06 bits per heavy atom. The zero-order valence-corrected chi connectivity index (χ0v) is 11.3. The molecule has 0 N–H and O–H groups in total. The van der Waals surface area contributed by atoms with E-state index in [1.165, 1.54) is 0 Å². The fourth-order valence-corrected chi connectivity index (χ4v) is 3.07. The molecule has 1 heterocycles. The maximum atomic E-state index is 12.1. The SMILES string of the molecule is Cc1ccccc1C(=O)Cc1sccc1Br. The summed E-state index contributed by atoms with van der Waals surface area (Å²) in [6.45, 7) is 1.97. The Morgan fingerprint density at radius 1 is 1.31 bits per heavy atom. The van der Waals surface area contributed by atoms with Crippen molar-refractivity contribution < 1.29 is 4.79 Å². The molecule has 0 aliphatic rings. The van der Waals surface area contributed by atoms with Gasteiger partial charge in [-0.15, -0.1) is 11.3 Å². The van der Waals surface area contributed by atoms with Gasteiger partial charge >= 0.3 is 0 Å². The van der Waals surface area contributed by atoms with Crippen molar-refractivity contribution in [2.45, 2.75) is 13.3 Å². The zero-order chi connectivity index (χ0) is 11.5. The minimum Gasteiger partial charge on any atom is -0.294 e. The van der Waals surface area contributed by atoms with E-state index in [9.17, 15) is 4.79 Å². The summed E-state index contributed by atoms with van der Waals surface area (Å²) in [7, 11) is 0. The molecule has 0 atom stereocenters. The minimum absolute atomic E-state index is 0.182. The van der Waals surface area contributed by atoms with Gasteiger partial charge in [0, 0.05) is 21.3 Å². The Bertz CT molecular complexity index is 516. The lowest BCUT2D eigenvalue weighted by molar-refractivity contribution is 0.0993. The molecule has 3 heteroatoms. The second-order valence-corrected chi connectivity index (χ2v) is 5.46. The average molecular weight is 295 g/mol. The first-order valence-corrected chi connectivity index (χ1v) is 6.66. The van der Waals surface area contributed by atoms with Crippen LogP contribution < -0.4 is 0 Å². The van der Waals surface area contributed by atoms with E-state index in [1.807, 2.05) is 42.6 Å². The van der Waals surface area contributed by atoms with Crippen LogP contribution in [0.2, 0.25) is 0 Å². The summed E-state index contributed by atoms with van der Waals surface area (Å²) in [6, 6.07) is 9.69. The highest BCUT2D eigenvalue weighted by atomic mass is 79.9. The molecule has 0 aliphatic carbocycles. The van der Waals surface area contributed by atoms with Crippen LogP contribution in [0.5, 0.6) is 0 Å². The summed E-state index contributed by atoms with van der Waals surface area (Å²) < 4.78 is 1.03. The molecule has 0 bridgehead atoms. The number of ketones is 1. The number of carbonyl (C=O) groups excluding carboxylic acids is 1. The minimum atomic E-state index is 0.182. The van der Waals surface area contributed by atoms with Crippen molar-refractivity contribution in [1.29, 1.82) is 0 Å². The Kier molecular flexibility index (Phi) is 3.56. The van der Waals surface area contributed by atoms with Crippen LogP contribution in [0.3, 0.4) is 0 Å². The van der Waals surface area contributed by atoms with Gasteiger partial charge < -0.3 is 0 Å². The van der Waals surface area contributed by atoms with Crippen molar-refractivity contribution in [1.82, 2.24) is 0 Å². The molecule has 0 saturated heterocycles. The first kappa shape index (κ1) is 11.6.